The van der Waals surface area contributed by atoms with Crippen LogP contribution in [0.25, 0.3) is 0 Å². The number of carbonyl (C=O) groups is 2. The van der Waals surface area contributed by atoms with Gasteiger partial charge in [-0.2, -0.15) is 5.26 Å². The molecule has 0 fully saturated rings. The molecule has 6 nitrogen and oxygen atoms in total. The predicted molar refractivity (Wildman–Crippen MR) is 116 cm³/mol. The zero-order valence-electron chi connectivity index (χ0n) is 16.6. The highest BCUT2D eigenvalue weighted by Gasteiger charge is 2.23. The van der Waals surface area contributed by atoms with Gasteiger partial charge in [-0.3, -0.25) is 9.59 Å². The molecule has 0 bridgehead atoms. The van der Waals surface area contributed by atoms with Gasteiger partial charge in [0.2, 0.25) is 0 Å². The second-order valence-corrected chi connectivity index (χ2v) is 6.85. The number of carbonyl (C=O) groups excluding carboxylic acids is 2. The van der Waals surface area contributed by atoms with Crippen molar-refractivity contribution in [1.29, 1.82) is 5.26 Å². The van der Waals surface area contributed by atoms with Crippen LogP contribution in [0.15, 0.2) is 72.8 Å². The smallest absolute Gasteiger partial charge is 0.252 e. The van der Waals surface area contributed by atoms with Crippen LogP contribution in [0.3, 0.4) is 0 Å². The summed E-state index contributed by atoms with van der Waals surface area (Å²) >= 11 is 0. The van der Waals surface area contributed by atoms with Gasteiger partial charge in [0.25, 0.3) is 11.8 Å². The lowest BCUT2D eigenvalue weighted by molar-refractivity contribution is -0.118. The van der Waals surface area contributed by atoms with E-state index in [2.05, 4.69) is 16.7 Å². The largest absolute Gasteiger partial charge is 0.336 e. The van der Waals surface area contributed by atoms with Gasteiger partial charge in [0.15, 0.2) is 0 Å². The van der Waals surface area contributed by atoms with Crippen molar-refractivity contribution >= 4 is 17.5 Å². The van der Waals surface area contributed by atoms with E-state index in [-0.39, 0.29) is 5.91 Å². The van der Waals surface area contributed by atoms with E-state index in [0.29, 0.717) is 28.9 Å². The number of hydrogen-bond acceptors (Lipinski definition) is 4. The first-order chi connectivity index (χ1) is 14.5. The van der Waals surface area contributed by atoms with E-state index in [1.165, 1.54) is 0 Å². The van der Waals surface area contributed by atoms with Gasteiger partial charge < -0.3 is 16.4 Å². The Morgan fingerprint density at radius 3 is 2.50 bits per heavy atom. The van der Waals surface area contributed by atoms with Crippen molar-refractivity contribution in [3.8, 4) is 6.07 Å². The molecule has 4 N–H and O–H groups in total. The highest BCUT2D eigenvalue weighted by molar-refractivity contribution is 6.01. The van der Waals surface area contributed by atoms with E-state index < -0.39 is 11.9 Å². The Bertz CT molecular complexity index is 1100. The zero-order chi connectivity index (χ0) is 21.5. The molecule has 0 aliphatic rings. The van der Waals surface area contributed by atoms with E-state index >= 15 is 0 Å². The van der Waals surface area contributed by atoms with E-state index in [1.54, 1.807) is 60.7 Å². The molecule has 0 radical (unpaired) electrons. The van der Waals surface area contributed by atoms with Gasteiger partial charge in [0.05, 0.1) is 11.6 Å². The molecule has 1 atom stereocenters. The van der Waals surface area contributed by atoms with E-state index in [1.807, 2.05) is 19.1 Å². The van der Waals surface area contributed by atoms with Crippen molar-refractivity contribution in [2.75, 3.05) is 5.32 Å². The average molecular weight is 398 g/mol. The van der Waals surface area contributed by atoms with Crippen LogP contribution in [0, 0.1) is 18.3 Å². The molecule has 150 valence electrons. The Hall–Kier alpha value is -3.95. The molecule has 0 aliphatic heterocycles. The molecule has 0 saturated carbocycles. The fraction of sp³-hybridized carbons (Fsp3) is 0.125. The molecule has 1 unspecified atom stereocenters. The van der Waals surface area contributed by atoms with E-state index in [4.69, 9.17) is 5.73 Å². The van der Waals surface area contributed by atoms with Gasteiger partial charge >= 0.3 is 0 Å². The maximum absolute atomic E-state index is 13.1. The van der Waals surface area contributed by atoms with Crippen LogP contribution in [0.5, 0.6) is 0 Å². The van der Waals surface area contributed by atoms with Crippen LogP contribution in [0.1, 0.15) is 38.7 Å². The van der Waals surface area contributed by atoms with Crippen molar-refractivity contribution in [3.63, 3.8) is 0 Å². The number of benzene rings is 3. The second-order valence-electron chi connectivity index (χ2n) is 6.85. The van der Waals surface area contributed by atoms with Gasteiger partial charge in [-0.15, -0.1) is 0 Å². The lowest BCUT2D eigenvalue weighted by Crippen LogP contribution is -2.37. The van der Waals surface area contributed by atoms with Gasteiger partial charge in [0, 0.05) is 17.8 Å². The van der Waals surface area contributed by atoms with Gasteiger partial charge in [-0.25, -0.2) is 0 Å². The molecule has 30 heavy (non-hydrogen) atoms. The first-order valence-corrected chi connectivity index (χ1v) is 9.48. The number of anilines is 1. The number of nitriles is 1. The molecule has 0 aliphatic carbocycles. The van der Waals surface area contributed by atoms with Crippen molar-refractivity contribution < 1.29 is 9.59 Å². The van der Waals surface area contributed by atoms with E-state index in [0.717, 1.165) is 11.1 Å². The monoisotopic (exact) mass is 398 g/mol. The van der Waals surface area contributed by atoms with Crippen LogP contribution in [0.4, 0.5) is 5.69 Å². The number of aryl methyl sites for hydroxylation is 1. The fourth-order valence-electron chi connectivity index (χ4n) is 3.03. The summed E-state index contributed by atoms with van der Waals surface area (Å²) < 4.78 is 0. The molecule has 3 aromatic rings. The summed E-state index contributed by atoms with van der Waals surface area (Å²) in [6.07, 6.45) is 0. The maximum atomic E-state index is 13.1. The minimum absolute atomic E-state index is 0.318. The maximum Gasteiger partial charge on any atom is 0.252 e. The van der Waals surface area contributed by atoms with Crippen molar-refractivity contribution in [2.24, 2.45) is 5.73 Å². The topological polar surface area (TPSA) is 108 Å². The molecule has 6 heteroatoms. The van der Waals surface area contributed by atoms with Crippen molar-refractivity contribution in [1.82, 2.24) is 5.32 Å². The summed E-state index contributed by atoms with van der Waals surface area (Å²) in [4.78, 5) is 25.9. The molecule has 0 aromatic heterocycles. The molecule has 0 heterocycles. The molecular weight excluding hydrogens is 376 g/mol. The SMILES string of the molecule is Cc1ccc(NC(=O)C(NC(=O)c2cccc(CN)c2)c2ccccc2)cc1C#N. The van der Waals surface area contributed by atoms with Crippen LogP contribution in [-0.4, -0.2) is 11.8 Å². The molecule has 3 rings (SSSR count). The molecule has 3 aromatic carbocycles. The summed E-state index contributed by atoms with van der Waals surface area (Å²) in [6.45, 7) is 2.14. The summed E-state index contributed by atoms with van der Waals surface area (Å²) in [5, 5.41) is 14.8. The number of hydrogen-bond donors (Lipinski definition) is 3. The third-order valence-electron chi connectivity index (χ3n) is 4.72. The zero-order valence-corrected chi connectivity index (χ0v) is 16.6. The fourth-order valence-corrected chi connectivity index (χ4v) is 3.03. The first kappa shape index (κ1) is 20.8. The van der Waals surface area contributed by atoms with Gasteiger partial charge in [-0.1, -0.05) is 48.5 Å². The molecular formula is C24H22N4O2. The summed E-state index contributed by atoms with van der Waals surface area (Å²) in [5.74, 6) is -0.784. The highest BCUT2D eigenvalue weighted by atomic mass is 16.2. The normalized spacial score (nSPS) is 11.2. The Morgan fingerprint density at radius 1 is 1.03 bits per heavy atom. The molecule has 0 spiro atoms. The van der Waals surface area contributed by atoms with Crippen LogP contribution >= 0.6 is 0 Å². The minimum atomic E-state index is -0.910. The summed E-state index contributed by atoms with van der Waals surface area (Å²) in [5.41, 5.74) is 9.35. The molecule has 0 saturated heterocycles. The van der Waals surface area contributed by atoms with Crippen molar-refractivity contribution in [2.45, 2.75) is 19.5 Å². The van der Waals surface area contributed by atoms with Crippen molar-refractivity contribution in [3.05, 3.63) is 101 Å². The highest BCUT2D eigenvalue weighted by Crippen LogP contribution is 2.19. The molecule has 2 amide bonds. The Kier molecular flexibility index (Phi) is 6.58. The van der Waals surface area contributed by atoms with Crippen LogP contribution < -0.4 is 16.4 Å². The lowest BCUT2D eigenvalue weighted by Gasteiger charge is -2.19. The Morgan fingerprint density at radius 2 is 1.80 bits per heavy atom. The number of nitrogens with one attached hydrogen (secondary N) is 2. The van der Waals surface area contributed by atoms with Gasteiger partial charge in [0.1, 0.15) is 6.04 Å². The van der Waals surface area contributed by atoms with Crippen LogP contribution in [0.2, 0.25) is 0 Å². The average Bonchev–Trinajstić information content (AvgIpc) is 2.79. The lowest BCUT2D eigenvalue weighted by atomic mass is 10.0. The third kappa shape index (κ3) is 4.90. The van der Waals surface area contributed by atoms with Gasteiger partial charge in [-0.05, 0) is 47.9 Å². The quantitative estimate of drug-likeness (QED) is 0.591. The number of rotatable bonds is 6. The third-order valence-corrected chi connectivity index (χ3v) is 4.72. The van der Waals surface area contributed by atoms with E-state index in [9.17, 15) is 14.9 Å². The standard InChI is InChI=1S/C24H22N4O2/c1-16-10-11-21(13-20(16)15-26)27-24(30)22(18-7-3-2-4-8-18)28-23(29)19-9-5-6-17(12-19)14-25/h2-13,22H,14,25H2,1H3,(H,27,30)(H,28,29). The minimum Gasteiger partial charge on any atom is -0.336 e. The Balaban J connectivity index is 1.86. The first-order valence-electron chi connectivity index (χ1n) is 9.48. The summed E-state index contributed by atoms with van der Waals surface area (Å²) in [6, 6.07) is 22.3. The summed E-state index contributed by atoms with van der Waals surface area (Å²) in [7, 11) is 0. The Labute approximate surface area is 175 Å². The predicted octanol–water partition coefficient (Wildman–Crippen LogP) is 3.44. The number of amides is 2. The van der Waals surface area contributed by atoms with Crippen LogP contribution in [-0.2, 0) is 11.3 Å². The second kappa shape index (κ2) is 9.50. The number of nitrogens with zero attached hydrogens (tertiary/aromatic N) is 1. The number of nitrogens with two attached hydrogens (primary N) is 1.